The van der Waals surface area contributed by atoms with E-state index in [9.17, 15) is 4.39 Å². The van der Waals surface area contributed by atoms with Gasteiger partial charge in [0.05, 0.1) is 7.11 Å². The van der Waals surface area contributed by atoms with Gasteiger partial charge >= 0.3 is 0 Å². The summed E-state index contributed by atoms with van der Waals surface area (Å²) in [5.74, 6) is -0.117. The van der Waals surface area contributed by atoms with Crippen LogP contribution in [0.25, 0.3) is 0 Å². The van der Waals surface area contributed by atoms with Crippen LogP contribution in [0.1, 0.15) is 17.2 Å². The van der Waals surface area contributed by atoms with E-state index in [1.54, 1.807) is 18.5 Å². The summed E-state index contributed by atoms with van der Waals surface area (Å²) < 4.78 is 18.4. The molecule has 1 unspecified atom stereocenters. The van der Waals surface area contributed by atoms with Gasteiger partial charge in [-0.3, -0.25) is 4.98 Å². The summed E-state index contributed by atoms with van der Waals surface area (Å²) in [5.41, 5.74) is 7.90. The van der Waals surface area contributed by atoms with E-state index in [4.69, 9.17) is 10.5 Å². The number of ether oxygens (including phenoxy) is 1. The topological polar surface area (TPSA) is 48.1 Å². The molecule has 0 amide bonds. The van der Waals surface area contributed by atoms with E-state index < -0.39 is 0 Å². The highest BCUT2D eigenvalue weighted by molar-refractivity contribution is 5.30. The minimum absolute atomic E-state index is 0.166. The fourth-order valence-corrected chi connectivity index (χ4v) is 1.82. The van der Waals surface area contributed by atoms with Crippen molar-refractivity contribution in [3.63, 3.8) is 0 Å². The highest BCUT2D eigenvalue weighted by Gasteiger charge is 2.09. The summed E-state index contributed by atoms with van der Waals surface area (Å²) in [7, 11) is 1.45. The summed E-state index contributed by atoms with van der Waals surface area (Å²) in [6, 6.07) is 8.46. The number of methoxy groups -OCH3 is 1. The van der Waals surface area contributed by atoms with Crippen LogP contribution >= 0.6 is 0 Å². The molecule has 0 bridgehead atoms. The molecule has 3 nitrogen and oxygen atoms in total. The molecular weight excluding hydrogens is 231 g/mol. The zero-order chi connectivity index (χ0) is 13.0. The number of halogens is 1. The highest BCUT2D eigenvalue weighted by Crippen LogP contribution is 2.21. The standard InChI is InChI=1S/C14H15FN2O/c1-18-14-3-2-10(8-12(14)15)9-13(16)11-4-6-17-7-5-11/h2-8,13H,9,16H2,1H3. The van der Waals surface area contributed by atoms with Gasteiger partial charge in [-0.05, 0) is 41.8 Å². The van der Waals surface area contributed by atoms with Crippen molar-refractivity contribution in [2.75, 3.05) is 7.11 Å². The van der Waals surface area contributed by atoms with E-state index in [0.717, 1.165) is 11.1 Å². The van der Waals surface area contributed by atoms with Crippen LogP contribution in [0.15, 0.2) is 42.7 Å². The lowest BCUT2D eigenvalue weighted by molar-refractivity contribution is 0.386. The summed E-state index contributed by atoms with van der Waals surface area (Å²) in [5, 5.41) is 0. The van der Waals surface area contributed by atoms with Crippen molar-refractivity contribution in [2.45, 2.75) is 12.5 Å². The van der Waals surface area contributed by atoms with Gasteiger partial charge in [-0.25, -0.2) is 4.39 Å². The van der Waals surface area contributed by atoms with Crippen LogP contribution in [-0.4, -0.2) is 12.1 Å². The Morgan fingerprint density at radius 2 is 2.00 bits per heavy atom. The van der Waals surface area contributed by atoms with Gasteiger partial charge in [0.2, 0.25) is 0 Å². The van der Waals surface area contributed by atoms with E-state index in [1.807, 2.05) is 18.2 Å². The Bertz CT molecular complexity index is 516. The Morgan fingerprint density at radius 3 is 2.61 bits per heavy atom. The van der Waals surface area contributed by atoms with E-state index in [0.29, 0.717) is 6.42 Å². The lowest BCUT2D eigenvalue weighted by Crippen LogP contribution is -2.13. The first-order chi connectivity index (χ1) is 8.70. The highest BCUT2D eigenvalue weighted by atomic mass is 19.1. The van der Waals surface area contributed by atoms with E-state index in [1.165, 1.54) is 13.2 Å². The molecule has 18 heavy (non-hydrogen) atoms. The average molecular weight is 246 g/mol. The monoisotopic (exact) mass is 246 g/mol. The molecule has 0 fully saturated rings. The third-order valence-electron chi connectivity index (χ3n) is 2.81. The fraction of sp³-hybridized carbons (Fsp3) is 0.214. The number of hydrogen-bond acceptors (Lipinski definition) is 3. The van der Waals surface area contributed by atoms with Gasteiger partial charge in [0, 0.05) is 18.4 Å². The average Bonchev–Trinajstić information content (AvgIpc) is 2.40. The molecule has 2 rings (SSSR count). The third-order valence-corrected chi connectivity index (χ3v) is 2.81. The van der Waals surface area contributed by atoms with Crippen molar-refractivity contribution in [3.05, 3.63) is 59.7 Å². The maximum atomic E-state index is 13.5. The molecule has 4 heteroatoms. The first-order valence-corrected chi connectivity index (χ1v) is 5.68. The van der Waals surface area contributed by atoms with Crippen molar-refractivity contribution in [1.29, 1.82) is 0 Å². The molecule has 0 radical (unpaired) electrons. The molecule has 0 saturated heterocycles. The second-order valence-electron chi connectivity index (χ2n) is 4.06. The number of nitrogens with two attached hydrogens (primary N) is 1. The van der Waals surface area contributed by atoms with Crippen LogP contribution in [-0.2, 0) is 6.42 Å². The SMILES string of the molecule is COc1ccc(CC(N)c2ccncc2)cc1F. The minimum atomic E-state index is -0.364. The molecule has 0 spiro atoms. The molecule has 2 aromatic rings. The maximum absolute atomic E-state index is 13.5. The van der Waals surface area contributed by atoms with Crippen LogP contribution in [0.5, 0.6) is 5.75 Å². The molecule has 94 valence electrons. The molecule has 1 aromatic heterocycles. The van der Waals surface area contributed by atoms with Crippen LogP contribution in [0.4, 0.5) is 4.39 Å². The van der Waals surface area contributed by atoms with Gasteiger partial charge in [-0.15, -0.1) is 0 Å². The summed E-state index contributed by atoms with van der Waals surface area (Å²) >= 11 is 0. The lowest BCUT2D eigenvalue weighted by Gasteiger charge is -2.12. The molecule has 2 N–H and O–H groups in total. The van der Waals surface area contributed by atoms with Crippen LogP contribution in [0, 0.1) is 5.82 Å². The zero-order valence-corrected chi connectivity index (χ0v) is 10.1. The predicted molar refractivity (Wildman–Crippen MR) is 67.8 cm³/mol. The summed E-state index contributed by atoms with van der Waals surface area (Å²) in [6.45, 7) is 0. The predicted octanol–water partition coefficient (Wildman–Crippen LogP) is 2.47. The lowest BCUT2D eigenvalue weighted by atomic mass is 10.0. The van der Waals surface area contributed by atoms with Crippen molar-refractivity contribution in [2.24, 2.45) is 5.73 Å². The fourth-order valence-electron chi connectivity index (χ4n) is 1.82. The van der Waals surface area contributed by atoms with Crippen LogP contribution < -0.4 is 10.5 Å². The number of benzene rings is 1. The minimum Gasteiger partial charge on any atom is -0.494 e. The zero-order valence-electron chi connectivity index (χ0n) is 10.1. The van der Waals surface area contributed by atoms with Crippen molar-refractivity contribution in [3.8, 4) is 5.75 Å². The molecule has 0 aliphatic rings. The van der Waals surface area contributed by atoms with Crippen molar-refractivity contribution in [1.82, 2.24) is 4.98 Å². The Hall–Kier alpha value is -1.94. The normalized spacial score (nSPS) is 12.2. The number of pyridine rings is 1. The molecular formula is C14H15FN2O. The Morgan fingerprint density at radius 1 is 1.28 bits per heavy atom. The number of nitrogens with zero attached hydrogens (tertiary/aromatic N) is 1. The number of hydrogen-bond donors (Lipinski definition) is 1. The Balaban J connectivity index is 2.12. The van der Waals surface area contributed by atoms with Crippen molar-refractivity contribution < 1.29 is 9.13 Å². The van der Waals surface area contributed by atoms with Gasteiger partial charge in [-0.1, -0.05) is 6.07 Å². The Kier molecular flexibility index (Phi) is 3.89. The number of rotatable bonds is 4. The molecule has 1 atom stereocenters. The molecule has 1 aromatic carbocycles. The molecule has 1 heterocycles. The second kappa shape index (κ2) is 5.60. The second-order valence-corrected chi connectivity index (χ2v) is 4.06. The van der Waals surface area contributed by atoms with E-state index in [-0.39, 0.29) is 17.6 Å². The summed E-state index contributed by atoms with van der Waals surface area (Å²) in [4.78, 5) is 3.94. The first kappa shape index (κ1) is 12.5. The maximum Gasteiger partial charge on any atom is 0.165 e. The largest absolute Gasteiger partial charge is 0.494 e. The van der Waals surface area contributed by atoms with Crippen LogP contribution in [0.3, 0.4) is 0 Å². The van der Waals surface area contributed by atoms with Gasteiger partial charge in [-0.2, -0.15) is 0 Å². The van der Waals surface area contributed by atoms with Gasteiger partial charge in [0.1, 0.15) is 0 Å². The molecule has 0 saturated carbocycles. The van der Waals surface area contributed by atoms with Gasteiger partial charge in [0.15, 0.2) is 11.6 Å². The van der Waals surface area contributed by atoms with E-state index in [2.05, 4.69) is 4.98 Å². The third kappa shape index (κ3) is 2.84. The Labute approximate surface area is 105 Å². The smallest absolute Gasteiger partial charge is 0.165 e. The van der Waals surface area contributed by atoms with Gasteiger partial charge in [0.25, 0.3) is 0 Å². The van der Waals surface area contributed by atoms with Crippen molar-refractivity contribution >= 4 is 0 Å². The van der Waals surface area contributed by atoms with Crippen LogP contribution in [0.2, 0.25) is 0 Å². The molecule has 0 aliphatic carbocycles. The first-order valence-electron chi connectivity index (χ1n) is 5.68. The van der Waals surface area contributed by atoms with Gasteiger partial charge < -0.3 is 10.5 Å². The van der Waals surface area contributed by atoms with E-state index >= 15 is 0 Å². The quantitative estimate of drug-likeness (QED) is 0.901. The molecule has 0 aliphatic heterocycles. The summed E-state index contributed by atoms with van der Waals surface area (Å²) in [6.07, 6.45) is 3.97. The number of aromatic nitrogens is 1.